The Hall–Kier alpha value is -9.02. The first kappa shape index (κ1) is 81.0. The number of rotatable bonds is 15. The monoisotopic (exact) mass is 1530 g/mol. The molecule has 3 N–H and O–H groups in total. The van der Waals surface area contributed by atoms with Gasteiger partial charge in [0.05, 0.1) is 109 Å². The molecule has 2 aromatic heterocycles. The first-order chi connectivity index (χ1) is 54.4. The Balaban J connectivity index is 0.000000129. The van der Waals surface area contributed by atoms with Gasteiger partial charge < -0.3 is 57.9 Å². The molecule has 1 aliphatic carbocycles. The number of esters is 3. The van der Waals surface area contributed by atoms with E-state index in [1.54, 1.807) is 54.3 Å². The minimum absolute atomic E-state index is 0.124. The third-order valence-corrected chi connectivity index (χ3v) is 27.3. The van der Waals surface area contributed by atoms with Crippen molar-refractivity contribution in [2.24, 2.45) is 53.3 Å². The number of fused-ring (bicyclic) bond motifs is 19. The summed E-state index contributed by atoms with van der Waals surface area (Å²) in [5.41, 5.74) is 17.3. The van der Waals surface area contributed by atoms with Crippen molar-refractivity contribution in [3.63, 3.8) is 0 Å². The topological polar surface area (TPSA) is 242 Å². The molecule has 5 saturated heterocycles. The molecule has 4 aromatic carbocycles. The van der Waals surface area contributed by atoms with Gasteiger partial charge in [0.1, 0.15) is 11.5 Å². The number of amides is 1. The Morgan fingerprint density at radius 2 is 1.21 bits per heavy atom. The highest BCUT2D eigenvalue weighted by atomic mass is 16.5. The van der Waals surface area contributed by atoms with Crippen LogP contribution in [0.3, 0.4) is 0 Å². The molecule has 10 aliphatic heterocycles. The SMILES string of the molecule is CCC1CN2CCC3=C(Cc4cccc(OC)c43)[C@@H]2C[C@@H]1/C(=C\OC)C(=O)OC.CC[C@@H]1CN2CC[C@@]3(C(=O)Nc4ccc(OC)cc43)[C@H]2C[C@H]1C(C)COC.CC[C@@H]1CN2CCc3c([nH]c4ccccc34)[C@@H]2C[C@@H]1/C(=C\OC)C(=O)OC.COC(=O)C1=CO[C@@H](C)[C@H]2CN3CCc4c([nH]c5ccccc45)[C@@H]3C[C@H]12.O=C=O. The number of ether oxygens (including phenoxy) is 9. The molecule has 600 valence electrons. The van der Waals surface area contributed by atoms with E-state index < -0.39 is 5.41 Å². The average molecular weight is 1530 g/mol. The van der Waals surface area contributed by atoms with Crippen LogP contribution >= 0.6 is 0 Å². The number of hydrogen-bond acceptors (Lipinski definition) is 19. The third-order valence-electron chi connectivity index (χ3n) is 27.3. The van der Waals surface area contributed by atoms with Gasteiger partial charge in [-0.1, -0.05) is 95.5 Å². The van der Waals surface area contributed by atoms with Crippen LogP contribution in [0, 0.1) is 53.3 Å². The first-order valence-electron chi connectivity index (χ1n) is 40.5. The summed E-state index contributed by atoms with van der Waals surface area (Å²) in [6.07, 6.45) is 17.4. The zero-order valence-corrected chi connectivity index (χ0v) is 67.7. The van der Waals surface area contributed by atoms with Crippen molar-refractivity contribution in [1.82, 2.24) is 29.6 Å². The van der Waals surface area contributed by atoms with Crippen molar-refractivity contribution < 1.29 is 71.4 Å². The van der Waals surface area contributed by atoms with E-state index in [1.165, 1.54) is 94.3 Å². The predicted molar refractivity (Wildman–Crippen MR) is 428 cm³/mol. The maximum Gasteiger partial charge on any atom is 0.373 e. The van der Waals surface area contributed by atoms with E-state index in [-0.39, 0.29) is 59.9 Å². The van der Waals surface area contributed by atoms with E-state index in [9.17, 15) is 19.2 Å². The molecule has 15 atom stereocenters. The number of piperidine rings is 4. The lowest BCUT2D eigenvalue weighted by Gasteiger charge is -2.49. The van der Waals surface area contributed by atoms with Crippen LogP contribution < -0.4 is 14.8 Å². The molecular weight excluding hydrogens is 1420 g/mol. The summed E-state index contributed by atoms with van der Waals surface area (Å²) in [4.78, 5) is 84.4. The summed E-state index contributed by atoms with van der Waals surface area (Å²) in [7, 11) is 12.8. The summed E-state index contributed by atoms with van der Waals surface area (Å²) in [6.45, 7) is 20.2. The number of aromatic nitrogens is 2. The molecule has 2 unspecified atom stereocenters. The highest BCUT2D eigenvalue weighted by Crippen LogP contribution is 2.56. The van der Waals surface area contributed by atoms with Gasteiger partial charge in [-0.25, -0.2) is 14.4 Å². The van der Waals surface area contributed by atoms with Crippen molar-refractivity contribution >= 4 is 63.0 Å². The smallest absolute Gasteiger partial charge is 0.373 e. The number of carbonyl (C=O) groups excluding carboxylic acids is 6. The summed E-state index contributed by atoms with van der Waals surface area (Å²) >= 11 is 0. The van der Waals surface area contributed by atoms with Crippen molar-refractivity contribution in [2.45, 2.75) is 147 Å². The number of anilines is 1. The maximum absolute atomic E-state index is 13.3. The van der Waals surface area contributed by atoms with Crippen LogP contribution in [0.5, 0.6) is 11.5 Å². The third kappa shape index (κ3) is 15.3. The first-order valence-corrected chi connectivity index (χ1v) is 40.5. The van der Waals surface area contributed by atoms with Crippen LogP contribution in [-0.2, 0) is 86.6 Å². The van der Waals surface area contributed by atoms with Crippen molar-refractivity contribution in [1.29, 1.82) is 0 Å². The number of carbonyl (C=O) groups is 4. The fraction of sp³-hybridized carbons (Fsp3) is 0.544. The molecule has 0 bridgehead atoms. The van der Waals surface area contributed by atoms with Gasteiger partial charge in [-0.05, 0) is 182 Å². The Kier molecular flexibility index (Phi) is 25.7. The molecule has 17 rings (SSSR count). The highest BCUT2D eigenvalue weighted by molar-refractivity contribution is 6.07. The molecule has 22 heteroatoms. The number of nitrogens with one attached hydrogen (secondary N) is 3. The van der Waals surface area contributed by atoms with Gasteiger partial charge in [0.15, 0.2) is 0 Å². The second kappa shape index (κ2) is 35.6. The Labute approximate surface area is 659 Å². The Bertz CT molecular complexity index is 4570. The fourth-order valence-corrected chi connectivity index (χ4v) is 21.9. The van der Waals surface area contributed by atoms with Gasteiger partial charge >= 0.3 is 24.1 Å². The number of H-pyrrole nitrogens is 2. The van der Waals surface area contributed by atoms with Crippen LogP contribution in [-0.4, -0.2) is 194 Å². The lowest BCUT2D eigenvalue weighted by Crippen LogP contribution is -2.54. The normalized spacial score (nSPS) is 28.3. The Morgan fingerprint density at radius 1 is 0.643 bits per heavy atom. The molecule has 6 aromatic rings. The summed E-state index contributed by atoms with van der Waals surface area (Å²) in [6, 6.07) is 30.7. The van der Waals surface area contributed by atoms with Crippen LogP contribution in [0.4, 0.5) is 5.69 Å². The highest BCUT2D eigenvalue weighted by Gasteiger charge is 2.60. The van der Waals surface area contributed by atoms with Crippen LogP contribution in [0.2, 0.25) is 0 Å². The number of benzene rings is 4. The average Bonchev–Trinajstić information content (AvgIpc) is 1.62. The van der Waals surface area contributed by atoms with E-state index in [4.69, 9.17) is 52.2 Å². The van der Waals surface area contributed by atoms with Crippen molar-refractivity contribution in [3.8, 4) is 11.5 Å². The van der Waals surface area contributed by atoms with E-state index in [0.29, 0.717) is 70.4 Å². The largest absolute Gasteiger partial charge is 0.504 e. The number of aromatic amines is 2. The molecule has 112 heavy (non-hydrogen) atoms. The quantitative estimate of drug-likeness (QED) is 0.0374. The van der Waals surface area contributed by atoms with Gasteiger partial charge in [-0.3, -0.25) is 24.4 Å². The number of nitrogens with zero attached hydrogens (tertiary/aromatic N) is 4. The van der Waals surface area contributed by atoms with E-state index >= 15 is 0 Å². The molecule has 12 heterocycles. The number of para-hydroxylation sites is 2. The van der Waals surface area contributed by atoms with Gasteiger partial charge in [0.25, 0.3) is 0 Å². The molecule has 1 spiro atoms. The van der Waals surface area contributed by atoms with E-state index in [0.717, 1.165) is 152 Å². The summed E-state index contributed by atoms with van der Waals surface area (Å²) < 4.78 is 48.1. The van der Waals surface area contributed by atoms with Crippen molar-refractivity contribution in [2.75, 3.05) is 121 Å². The number of methoxy groups -OCH3 is 8. The lowest BCUT2D eigenvalue weighted by atomic mass is 9.66. The summed E-state index contributed by atoms with van der Waals surface area (Å²) in [5, 5.41) is 5.84. The van der Waals surface area contributed by atoms with E-state index in [2.05, 4.69) is 142 Å². The molecule has 22 nitrogen and oxygen atoms in total. The van der Waals surface area contributed by atoms with Gasteiger partial charge in [0.2, 0.25) is 5.91 Å². The van der Waals surface area contributed by atoms with Crippen molar-refractivity contribution in [3.05, 3.63) is 165 Å². The number of hydrogen-bond donors (Lipinski definition) is 3. The molecule has 0 radical (unpaired) electrons. The minimum Gasteiger partial charge on any atom is -0.504 e. The zero-order chi connectivity index (χ0) is 79.2. The standard InChI is InChI=1S/C24H31NO4.C22H32N2O3.C22H28N2O3.C21H24N2O3.CO2/c1-5-15-13-25-10-9-17-19(11-16-7-6-8-22(28-3)23(16)17)21(25)12-18(15)20(14-27-2)24(26)29-4;1-5-15-12-24-9-8-22(20(24)11-17(15)14(2)13-26-3)18-10-16(27-4)6-7-19(18)23-21(22)25;1-4-14-12-24-10-9-16-15-7-5-6-8-19(15)23-21(16)20(24)11-17(14)18(13-26-2)22(25)27-3;1-12-16-10-23-8-7-14-13-5-3-4-6-18(13)22-20(14)19(23)9-15(16)17(11-26-12)21(24)25-2;2-1-3/h6-8,14-15,18,21H,5,9-13H2,1-4H3;6-7,10,14-15,17,20H,5,8-9,11-13H2,1-4H3,(H,23,25);5-8,13-14,17,20,23H,4,9-12H2,1-3H3;3-6,11-12,15-16,19,22H,7-10H2,1-2H3;/b20-14+;;18-13+;;/t15?,18-,21-;14?,15-,17+,20-,22+;14-,17+,20+;12-,15-,16+,19-;/m0110./s1. The molecular formula is C90H115N7O15. The lowest BCUT2D eigenvalue weighted by molar-refractivity contribution is -0.191. The second-order valence-corrected chi connectivity index (χ2v) is 32.3. The minimum atomic E-state index is -0.437. The predicted octanol–water partition coefficient (Wildman–Crippen LogP) is 13.5. The van der Waals surface area contributed by atoms with Gasteiger partial charge in [0, 0.05) is 128 Å². The molecule has 11 aliphatic rings. The molecule has 1 amide bonds. The van der Waals surface area contributed by atoms with E-state index in [1.807, 2.05) is 12.1 Å². The van der Waals surface area contributed by atoms with Crippen LogP contribution in [0.15, 0.2) is 126 Å². The summed E-state index contributed by atoms with van der Waals surface area (Å²) in [5.74, 6) is 4.60. The fourth-order valence-electron chi connectivity index (χ4n) is 21.9. The van der Waals surface area contributed by atoms with Crippen LogP contribution in [0.1, 0.15) is 144 Å². The Morgan fingerprint density at radius 3 is 1.79 bits per heavy atom. The van der Waals surface area contributed by atoms with Crippen LogP contribution in [0.25, 0.3) is 27.4 Å². The second-order valence-electron chi connectivity index (χ2n) is 32.3. The molecule has 5 fully saturated rings. The maximum atomic E-state index is 13.3. The van der Waals surface area contributed by atoms with Gasteiger partial charge in [-0.2, -0.15) is 9.59 Å². The zero-order valence-electron chi connectivity index (χ0n) is 67.7. The molecule has 0 saturated carbocycles. The van der Waals surface area contributed by atoms with Gasteiger partial charge in [-0.15, -0.1) is 0 Å².